The monoisotopic (exact) mass is 319 g/mol. The minimum absolute atomic E-state index is 0.00408. The smallest absolute Gasteiger partial charge is 0.262 e. The van der Waals surface area contributed by atoms with Crippen LogP contribution >= 0.6 is 0 Å². The molecule has 0 aliphatic rings. The predicted octanol–water partition coefficient (Wildman–Crippen LogP) is 4.06. The van der Waals surface area contributed by atoms with Crippen LogP contribution in [0.15, 0.2) is 66.7 Å². The van der Waals surface area contributed by atoms with Gasteiger partial charge in [0.15, 0.2) is 12.4 Å². The summed E-state index contributed by atoms with van der Waals surface area (Å²) in [5.41, 5.74) is 1.34. The van der Waals surface area contributed by atoms with Crippen molar-refractivity contribution in [1.29, 1.82) is 0 Å². The number of amides is 1. The molecule has 0 spiro atoms. The third kappa shape index (κ3) is 3.79. The Morgan fingerprint density at radius 1 is 0.917 bits per heavy atom. The highest BCUT2D eigenvalue weighted by atomic mass is 16.5. The standard InChI is InChI=1S/C20H17NO3/c1-14(22)15-7-10-19(11-8-15)24-13-20(23)21-18-9-6-16-4-2-3-5-17(16)12-18/h2-12H,13H2,1H3,(H,21,23). The average Bonchev–Trinajstić information content (AvgIpc) is 2.60. The topological polar surface area (TPSA) is 55.4 Å². The number of anilines is 1. The second-order valence-corrected chi connectivity index (χ2v) is 5.48. The van der Waals surface area contributed by atoms with Crippen LogP contribution in [0.2, 0.25) is 0 Å². The summed E-state index contributed by atoms with van der Waals surface area (Å²) in [5, 5.41) is 5.00. The molecule has 0 radical (unpaired) electrons. The van der Waals surface area contributed by atoms with Crippen molar-refractivity contribution in [2.45, 2.75) is 6.92 Å². The van der Waals surface area contributed by atoms with Gasteiger partial charge in [0.1, 0.15) is 5.75 Å². The van der Waals surface area contributed by atoms with Gasteiger partial charge in [0.25, 0.3) is 5.91 Å². The number of benzene rings is 3. The maximum atomic E-state index is 12.0. The lowest BCUT2D eigenvalue weighted by Crippen LogP contribution is -2.20. The first kappa shape index (κ1) is 15.7. The van der Waals surface area contributed by atoms with Gasteiger partial charge in [0.05, 0.1) is 0 Å². The minimum Gasteiger partial charge on any atom is -0.484 e. The lowest BCUT2D eigenvalue weighted by molar-refractivity contribution is -0.118. The molecule has 0 heterocycles. The number of hydrogen-bond donors (Lipinski definition) is 1. The van der Waals surface area contributed by atoms with Crippen molar-refractivity contribution in [2.24, 2.45) is 0 Å². The second-order valence-electron chi connectivity index (χ2n) is 5.48. The number of carbonyl (C=O) groups is 2. The summed E-state index contributed by atoms with van der Waals surface area (Å²) in [6, 6.07) is 20.4. The van der Waals surface area contributed by atoms with Crippen LogP contribution in [0.5, 0.6) is 5.75 Å². The minimum atomic E-state index is -0.235. The van der Waals surface area contributed by atoms with E-state index in [0.29, 0.717) is 11.3 Å². The van der Waals surface area contributed by atoms with Crippen LogP contribution in [-0.2, 0) is 4.79 Å². The van der Waals surface area contributed by atoms with Gasteiger partial charge in [0, 0.05) is 11.3 Å². The quantitative estimate of drug-likeness (QED) is 0.722. The van der Waals surface area contributed by atoms with Crippen LogP contribution in [0.25, 0.3) is 10.8 Å². The van der Waals surface area contributed by atoms with Gasteiger partial charge >= 0.3 is 0 Å². The van der Waals surface area contributed by atoms with E-state index in [2.05, 4.69) is 5.32 Å². The molecular weight excluding hydrogens is 302 g/mol. The van der Waals surface area contributed by atoms with Crippen molar-refractivity contribution < 1.29 is 14.3 Å². The molecule has 0 bridgehead atoms. The van der Waals surface area contributed by atoms with Crippen molar-refractivity contribution >= 4 is 28.2 Å². The van der Waals surface area contributed by atoms with Gasteiger partial charge in [-0.2, -0.15) is 0 Å². The number of carbonyl (C=O) groups excluding carboxylic acids is 2. The van der Waals surface area contributed by atoms with Gasteiger partial charge in [-0.05, 0) is 54.1 Å². The number of ether oxygens (including phenoxy) is 1. The third-order valence-electron chi connectivity index (χ3n) is 3.66. The van der Waals surface area contributed by atoms with E-state index in [0.717, 1.165) is 16.5 Å². The number of hydrogen-bond acceptors (Lipinski definition) is 3. The first-order valence-corrected chi connectivity index (χ1v) is 7.64. The molecule has 0 saturated carbocycles. The van der Waals surface area contributed by atoms with E-state index in [-0.39, 0.29) is 18.3 Å². The van der Waals surface area contributed by atoms with Gasteiger partial charge in [-0.25, -0.2) is 0 Å². The molecule has 24 heavy (non-hydrogen) atoms. The Balaban J connectivity index is 1.59. The fourth-order valence-electron chi connectivity index (χ4n) is 2.40. The van der Waals surface area contributed by atoms with Crippen molar-refractivity contribution in [1.82, 2.24) is 0 Å². The van der Waals surface area contributed by atoms with Gasteiger partial charge < -0.3 is 10.1 Å². The van der Waals surface area contributed by atoms with E-state index >= 15 is 0 Å². The SMILES string of the molecule is CC(=O)c1ccc(OCC(=O)Nc2ccc3ccccc3c2)cc1. The fraction of sp³-hybridized carbons (Fsp3) is 0.100. The Hall–Kier alpha value is -3.14. The first-order valence-electron chi connectivity index (χ1n) is 7.64. The van der Waals surface area contributed by atoms with Crippen LogP contribution in [0.4, 0.5) is 5.69 Å². The molecule has 0 aromatic heterocycles. The Kier molecular flexibility index (Phi) is 4.57. The molecule has 4 nitrogen and oxygen atoms in total. The van der Waals surface area contributed by atoms with Crippen molar-refractivity contribution in [2.75, 3.05) is 11.9 Å². The number of rotatable bonds is 5. The van der Waals surface area contributed by atoms with Crippen LogP contribution in [0.1, 0.15) is 17.3 Å². The number of Topliss-reactive ketones (excluding diaryl/α,β-unsaturated/α-hetero) is 1. The van der Waals surface area contributed by atoms with Crippen LogP contribution in [0, 0.1) is 0 Å². The zero-order chi connectivity index (χ0) is 16.9. The Morgan fingerprint density at radius 3 is 2.33 bits per heavy atom. The second kappa shape index (κ2) is 6.96. The van der Waals surface area contributed by atoms with Gasteiger partial charge in [-0.3, -0.25) is 9.59 Å². The molecule has 0 saturated heterocycles. The molecule has 3 aromatic carbocycles. The molecule has 1 amide bonds. The normalized spacial score (nSPS) is 10.4. The molecule has 1 N–H and O–H groups in total. The summed E-state index contributed by atoms with van der Waals surface area (Å²) < 4.78 is 5.44. The summed E-state index contributed by atoms with van der Waals surface area (Å²) in [7, 11) is 0. The summed E-state index contributed by atoms with van der Waals surface area (Å²) in [4.78, 5) is 23.2. The first-order chi connectivity index (χ1) is 11.6. The highest BCUT2D eigenvalue weighted by Crippen LogP contribution is 2.19. The van der Waals surface area contributed by atoms with Crippen LogP contribution in [-0.4, -0.2) is 18.3 Å². The van der Waals surface area contributed by atoms with Gasteiger partial charge in [0.2, 0.25) is 0 Å². The Bertz CT molecular complexity index is 885. The van der Waals surface area contributed by atoms with E-state index < -0.39 is 0 Å². The van der Waals surface area contributed by atoms with E-state index in [1.54, 1.807) is 24.3 Å². The molecule has 3 aromatic rings. The van der Waals surface area contributed by atoms with Gasteiger partial charge in [-0.15, -0.1) is 0 Å². The number of ketones is 1. The van der Waals surface area contributed by atoms with Crippen LogP contribution in [0.3, 0.4) is 0 Å². The van der Waals surface area contributed by atoms with Crippen molar-refractivity contribution in [3.63, 3.8) is 0 Å². The fourth-order valence-corrected chi connectivity index (χ4v) is 2.40. The average molecular weight is 319 g/mol. The highest BCUT2D eigenvalue weighted by molar-refractivity contribution is 5.95. The summed E-state index contributed by atoms with van der Waals surface area (Å²) in [5.74, 6) is 0.310. The molecule has 0 fully saturated rings. The number of nitrogens with one attached hydrogen (secondary N) is 1. The van der Waals surface area contributed by atoms with E-state index in [1.807, 2.05) is 42.5 Å². The summed E-state index contributed by atoms with van der Waals surface area (Å²) >= 11 is 0. The molecular formula is C20H17NO3. The van der Waals surface area contributed by atoms with Crippen LogP contribution < -0.4 is 10.1 Å². The summed E-state index contributed by atoms with van der Waals surface area (Å²) in [6.45, 7) is 1.42. The lowest BCUT2D eigenvalue weighted by Gasteiger charge is -2.08. The maximum Gasteiger partial charge on any atom is 0.262 e. The number of fused-ring (bicyclic) bond motifs is 1. The highest BCUT2D eigenvalue weighted by Gasteiger charge is 2.05. The zero-order valence-electron chi connectivity index (χ0n) is 13.3. The van der Waals surface area contributed by atoms with Gasteiger partial charge in [-0.1, -0.05) is 30.3 Å². The Morgan fingerprint density at radius 2 is 1.62 bits per heavy atom. The van der Waals surface area contributed by atoms with Crippen molar-refractivity contribution in [3.05, 3.63) is 72.3 Å². The predicted molar refractivity (Wildman–Crippen MR) is 94.5 cm³/mol. The van der Waals surface area contributed by atoms with E-state index in [1.165, 1.54) is 6.92 Å². The molecule has 4 heteroatoms. The molecule has 0 unspecified atom stereocenters. The molecule has 120 valence electrons. The molecule has 0 aliphatic carbocycles. The largest absolute Gasteiger partial charge is 0.484 e. The maximum absolute atomic E-state index is 12.0. The molecule has 0 atom stereocenters. The van der Waals surface area contributed by atoms with Crippen molar-refractivity contribution in [3.8, 4) is 5.75 Å². The molecule has 3 rings (SSSR count). The summed E-state index contributed by atoms with van der Waals surface area (Å²) in [6.07, 6.45) is 0. The zero-order valence-corrected chi connectivity index (χ0v) is 13.3. The Labute approximate surface area is 140 Å². The lowest BCUT2D eigenvalue weighted by atomic mass is 10.1. The van der Waals surface area contributed by atoms with E-state index in [4.69, 9.17) is 4.74 Å². The third-order valence-corrected chi connectivity index (χ3v) is 3.66. The molecule has 0 aliphatic heterocycles. The van der Waals surface area contributed by atoms with E-state index in [9.17, 15) is 9.59 Å².